The normalized spacial score (nSPS) is 20.9. The van der Waals surface area contributed by atoms with E-state index in [1.807, 2.05) is 48.5 Å². The van der Waals surface area contributed by atoms with Crippen LogP contribution in [-0.4, -0.2) is 36.6 Å². The SMILES string of the molecule is CC1(C)c2ccccc2-c2ccc(C(Oc3ccc(B4OC(C)(C)C(C)(C)O4)cc3)Oc3ccc(B4OC(C)(C)C(C)(C)O4)cc3)cc21. The quantitative estimate of drug-likeness (QED) is 0.152. The minimum Gasteiger partial charge on any atom is -0.451 e. The van der Waals surface area contributed by atoms with Crippen LogP contribution in [0.5, 0.6) is 11.5 Å². The summed E-state index contributed by atoms with van der Waals surface area (Å²) in [7, 11) is -0.890. The molecule has 1 aliphatic carbocycles. The summed E-state index contributed by atoms with van der Waals surface area (Å²) in [5.41, 5.74) is 6.11. The largest absolute Gasteiger partial charge is 0.494 e. The van der Waals surface area contributed by atoms with Gasteiger partial charge in [-0.05, 0) is 119 Å². The summed E-state index contributed by atoms with van der Waals surface area (Å²) in [5.74, 6) is 1.36. The highest BCUT2D eigenvalue weighted by Crippen LogP contribution is 2.49. The van der Waals surface area contributed by atoms with Crippen LogP contribution in [-0.2, 0) is 24.0 Å². The van der Waals surface area contributed by atoms with Crippen molar-refractivity contribution in [3.8, 4) is 22.6 Å². The van der Waals surface area contributed by atoms with Crippen molar-refractivity contribution >= 4 is 25.2 Å². The molecule has 4 aromatic carbocycles. The number of benzene rings is 4. The zero-order valence-electron chi connectivity index (χ0n) is 29.8. The summed E-state index contributed by atoms with van der Waals surface area (Å²) in [6.07, 6.45) is -0.708. The van der Waals surface area contributed by atoms with Gasteiger partial charge in [0, 0.05) is 11.0 Å². The molecule has 248 valence electrons. The van der Waals surface area contributed by atoms with Gasteiger partial charge in [0.1, 0.15) is 11.5 Å². The topological polar surface area (TPSA) is 55.4 Å². The zero-order chi connectivity index (χ0) is 34.3. The third-order valence-electron chi connectivity index (χ3n) is 11.2. The maximum atomic E-state index is 6.64. The highest BCUT2D eigenvalue weighted by atomic mass is 16.7. The van der Waals surface area contributed by atoms with Gasteiger partial charge < -0.3 is 28.1 Å². The van der Waals surface area contributed by atoms with Crippen molar-refractivity contribution in [3.63, 3.8) is 0 Å². The third-order valence-corrected chi connectivity index (χ3v) is 11.2. The van der Waals surface area contributed by atoms with Crippen molar-refractivity contribution in [2.45, 2.75) is 103 Å². The molecule has 3 aliphatic rings. The smallest absolute Gasteiger partial charge is 0.451 e. The second-order valence-corrected chi connectivity index (χ2v) is 15.9. The minimum absolute atomic E-state index is 0.151. The maximum Gasteiger partial charge on any atom is 0.494 e. The lowest BCUT2D eigenvalue weighted by Gasteiger charge is -2.32. The van der Waals surface area contributed by atoms with Crippen molar-refractivity contribution in [1.82, 2.24) is 0 Å². The van der Waals surface area contributed by atoms with Gasteiger partial charge in [0.25, 0.3) is 6.29 Å². The molecule has 2 aliphatic heterocycles. The van der Waals surface area contributed by atoms with E-state index in [2.05, 4.69) is 112 Å². The molecular formula is C40H46B2O6. The fraction of sp³-hybridized carbons (Fsp3) is 0.400. The number of hydrogen-bond acceptors (Lipinski definition) is 6. The molecule has 8 heteroatoms. The van der Waals surface area contributed by atoms with Crippen LogP contribution in [0.3, 0.4) is 0 Å². The van der Waals surface area contributed by atoms with E-state index < -0.39 is 42.9 Å². The van der Waals surface area contributed by atoms with Crippen molar-refractivity contribution in [2.75, 3.05) is 0 Å². The Kier molecular flexibility index (Phi) is 7.72. The van der Waals surface area contributed by atoms with Crippen molar-refractivity contribution < 1.29 is 28.1 Å². The van der Waals surface area contributed by atoms with Crippen LogP contribution in [0, 0.1) is 0 Å². The summed E-state index contributed by atoms with van der Waals surface area (Å²) in [6.45, 7) is 21.0. The first kappa shape index (κ1) is 33.0. The average Bonchev–Trinajstić information content (AvgIpc) is 3.50. The van der Waals surface area contributed by atoms with Crippen LogP contribution in [0.1, 0.15) is 92.2 Å². The Hall–Kier alpha value is -3.55. The molecule has 0 saturated carbocycles. The molecule has 0 amide bonds. The summed E-state index contributed by atoms with van der Waals surface area (Å²) in [5, 5.41) is 0. The van der Waals surface area contributed by atoms with E-state index in [1.165, 1.54) is 22.3 Å². The monoisotopic (exact) mass is 644 g/mol. The molecule has 0 aromatic heterocycles. The van der Waals surface area contributed by atoms with Gasteiger partial charge in [-0.3, -0.25) is 0 Å². The summed E-state index contributed by atoms with van der Waals surface area (Å²) < 4.78 is 38.4. The highest BCUT2D eigenvalue weighted by molar-refractivity contribution is 6.62. The average molecular weight is 644 g/mol. The summed E-state index contributed by atoms with van der Waals surface area (Å²) in [4.78, 5) is 0. The molecule has 0 spiro atoms. The molecule has 2 heterocycles. The molecule has 6 nitrogen and oxygen atoms in total. The van der Waals surface area contributed by atoms with Crippen molar-refractivity contribution in [3.05, 3.63) is 108 Å². The highest BCUT2D eigenvalue weighted by Gasteiger charge is 2.52. The Labute approximate surface area is 286 Å². The molecule has 0 N–H and O–H groups in total. The van der Waals surface area contributed by atoms with Gasteiger partial charge >= 0.3 is 14.2 Å². The molecule has 0 atom stereocenters. The van der Waals surface area contributed by atoms with Crippen LogP contribution in [0.25, 0.3) is 11.1 Å². The second-order valence-electron chi connectivity index (χ2n) is 15.9. The van der Waals surface area contributed by atoms with Crippen molar-refractivity contribution in [2.24, 2.45) is 0 Å². The molecule has 0 bridgehead atoms. The molecule has 7 rings (SSSR count). The molecule has 2 fully saturated rings. The predicted octanol–water partition coefficient (Wildman–Crippen LogP) is 7.75. The van der Waals surface area contributed by atoms with Gasteiger partial charge in [0.05, 0.1) is 22.4 Å². The fourth-order valence-corrected chi connectivity index (χ4v) is 6.64. The lowest BCUT2D eigenvalue weighted by Crippen LogP contribution is -2.41. The molecule has 2 saturated heterocycles. The molecule has 0 radical (unpaired) electrons. The first-order valence-corrected chi connectivity index (χ1v) is 17.0. The Morgan fingerprint density at radius 3 is 1.35 bits per heavy atom. The van der Waals surface area contributed by atoms with E-state index in [9.17, 15) is 0 Å². The molecular weight excluding hydrogens is 598 g/mol. The van der Waals surface area contributed by atoms with Gasteiger partial charge in [-0.2, -0.15) is 0 Å². The van der Waals surface area contributed by atoms with E-state index in [4.69, 9.17) is 28.1 Å². The van der Waals surface area contributed by atoms with E-state index >= 15 is 0 Å². The van der Waals surface area contributed by atoms with E-state index in [-0.39, 0.29) is 5.41 Å². The number of rotatable bonds is 7. The third kappa shape index (κ3) is 5.57. The standard InChI is InChI=1S/C40H46B2O6/c1-36(2)33-14-12-11-13-31(33)32-24-15-26(25-34(32)36)35(43-29-20-16-27(17-21-29)41-45-37(3,4)38(5,6)46-41)44-30-22-18-28(19-23-30)42-47-39(7,8)40(9,10)48-42/h11-25,35H,1-10H3. The van der Waals surface area contributed by atoms with E-state index in [0.29, 0.717) is 11.5 Å². The maximum absolute atomic E-state index is 6.64. The number of fused-ring (bicyclic) bond motifs is 3. The first-order valence-electron chi connectivity index (χ1n) is 17.0. The minimum atomic E-state index is -0.708. The van der Waals surface area contributed by atoms with E-state index in [0.717, 1.165) is 16.5 Å². The molecule has 48 heavy (non-hydrogen) atoms. The van der Waals surface area contributed by atoms with Gasteiger partial charge in [-0.25, -0.2) is 0 Å². The second kappa shape index (κ2) is 11.2. The molecule has 4 aromatic rings. The van der Waals surface area contributed by atoms with Crippen LogP contribution in [0.2, 0.25) is 0 Å². The van der Waals surface area contributed by atoms with Crippen LogP contribution < -0.4 is 20.4 Å². The van der Waals surface area contributed by atoms with Gasteiger partial charge in [-0.15, -0.1) is 0 Å². The van der Waals surface area contributed by atoms with Gasteiger partial charge in [0.2, 0.25) is 0 Å². The number of hydrogen-bond donors (Lipinski definition) is 0. The Morgan fingerprint density at radius 2 is 0.896 bits per heavy atom. The predicted molar refractivity (Wildman–Crippen MR) is 192 cm³/mol. The van der Waals surface area contributed by atoms with E-state index in [1.54, 1.807) is 0 Å². The van der Waals surface area contributed by atoms with Gasteiger partial charge in [0.15, 0.2) is 0 Å². The molecule has 0 unspecified atom stereocenters. The Balaban J connectivity index is 1.17. The Bertz CT molecular complexity index is 1710. The zero-order valence-corrected chi connectivity index (χ0v) is 29.8. The van der Waals surface area contributed by atoms with Crippen molar-refractivity contribution in [1.29, 1.82) is 0 Å². The summed E-state index contributed by atoms with van der Waals surface area (Å²) in [6, 6.07) is 31.0. The Morgan fingerprint density at radius 1 is 0.479 bits per heavy atom. The number of ether oxygens (including phenoxy) is 2. The lowest BCUT2D eigenvalue weighted by molar-refractivity contribution is 0.00377. The summed E-state index contributed by atoms with van der Waals surface area (Å²) >= 11 is 0. The van der Waals surface area contributed by atoms with Crippen LogP contribution >= 0.6 is 0 Å². The van der Waals surface area contributed by atoms with Gasteiger partial charge in [-0.1, -0.05) is 74.5 Å². The lowest BCUT2D eigenvalue weighted by atomic mass is 9.79. The van der Waals surface area contributed by atoms with Crippen LogP contribution in [0.15, 0.2) is 91.0 Å². The van der Waals surface area contributed by atoms with Crippen LogP contribution in [0.4, 0.5) is 0 Å². The fourth-order valence-electron chi connectivity index (χ4n) is 6.64. The first-order chi connectivity index (χ1) is 22.5.